The lowest BCUT2D eigenvalue weighted by Gasteiger charge is -2.23. The van der Waals surface area contributed by atoms with Gasteiger partial charge in [0.2, 0.25) is 0 Å². The van der Waals surface area contributed by atoms with E-state index in [4.69, 9.17) is 13.9 Å². The third-order valence-electron chi connectivity index (χ3n) is 5.27. The highest BCUT2D eigenvalue weighted by molar-refractivity contribution is 6.46. The van der Waals surface area contributed by atoms with Crippen molar-refractivity contribution in [2.24, 2.45) is 0 Å². The molecule has 2 aromatic rings. The molecule has 29 heavy (non-hydrogen) atoms. The molecule has 1 aromatic carbocycles. The summed E-state index contributed by atoms with van der Waals surface area (Å²) in [4.78, 5) is 27.0. The highest BCUT2D eigenvalue weighted by Crippen LogP contribution is 2.40. The van der Waals surface area contributed by atoms with Crippen molar-refractivity contribution >= 4 is 17.4 Å². The summed E-state index contributed by atoms with van der Waals surface area (Å²) < 4.78 is 16.3. The summed E-state index contributed by atoms with van der Waals surface area (Å²) in [7, 11) is 1.58. The number of furan rings is 1. The Morgan fingerprint density at radius 1 is 1.31 bits per heavy atom. The first-order valence-electron chi connectivity index (χ1n) is 9.62. The molecule has 152 valence electrons. The second-order valence-electron chi connectivity index (χ2n) is 7.31. The van der Waals surface area contributed by atoms with Gasteiger partial charge in [-0.1, -0.05) is 0 Å². The topological polar surface area (TPSA) is 89.2 Å². The second-order valence-corrected chi connectivity index (χ2v) is 7.31. The van der Waals surface area contributed by atoms with Crippen LogP contribution in [-0.4, -0.2) is 48.1 Å². The van der Waals surface area contributed by atoms with Crippen LogP contribution in [0.15, 0.2) is 46.6 Å². The van der Waals surface area contributed by atoms with E-state index in [0.717, 1.165) is 17.7 Å². The minimum Gasteiger partial charge on any atom is -0.507 e. The fraction of sp³-hybridized carbons (Fsp3) is 0.364. The van der Waals surface area contributed by atoms with Gasteiger partial charge >= 0.3 is 0 Å². The number of hydrogen-bond acceptors (Lipinski definition) is 6. The van der Waals surface area contributed by atoms with E-state index in [1.54, 1.807) is 31.4 Å². The molecule has 2 unspecified atom stereocenters. The predicted molar refractivity (Wildman–Crippen MR) is 104 cm³/mol. The number of carbonyl (C=O) groups is 2. The number of ketones is 1. The molecule has 0 aliphatic carbocycles. The Kier molecular flexibility index (Phi) is 5.15. The van der Waals surface area contributed by atoms with Gasteiger partial charge in [-0.15, -0.1) is 0 Å². The normalized spacial score (nSPS) is 22.8. The average Bonchev–Trinajstić information content (AvgIpc) is 3.41. The molecule has 4 rings (SSSR count). The third kappa shape index (κ3) is 3.42. The van der Waals surface area contributed by atoms with E-state index < -0.39 is 17.7 Å². The van der Waals surface area contributed by atoms with Gasteiger partial charge < -0.3 is 23.9 Å². The minimum atomic E-state index is -0.773. The van der Waals surface area contributed by atoms with Crippen molar-refractivity contribution in [3.8, 4) is 5.75 Å². The standard InChI is InChI=1S/C22H23NO6/c1-13-11-15-12-14(6-7-16(15)29-13)20(24)18-19(17-5-3-10-28-17)23(8-4-9-27-2)22(26)21(18)25/h3,5-7,10,12-13,19,24H,4,8-9,11H2,1-2H3/b20-18+. The molecule has 0 saturated carbocycles. The Morgan fingerprint density at radius 2 is 2.14 bits per heavy atom. The summed E-state index contributed by atoms with van der Waals surface area (Å²) in [5, 5.41) is 11.0. The maximum Gasteiger partial charge on any atom is 0.295 e. The molecule has 7 nitrogen and oxygen atoms in total. The molecule has 3 heterocycles. The fourth-order valence-corrected chi connectivity index (χ4v) is 3.96. The number of aliphatic hydroxyl groups is 1. The number of aliphatic hydroxyl groups excluding tert-OH is 1. The second kappa shape index (κ2) is 7.75. The Labute approximate surface area is 168 Å². The summed E-state index contributed by atoms with van der Waals surface area (Å²) in [6.45, 7) is 2.75. The Hall–Kier alpha value is -3.06. The molecule has 1 saturated heterocycles. The lowest BCUT2D eigenvalue weighted by Crippen LogP contribution is -2.31. The first-order chi connectivity index (χ1) is 14.0. The van der Waals surface area contributed by atoms with E-state index in [9.17, 15) is 14.7 Å². The number of amides is 1. The molecule has 1 N–H and O–H groups in total. The quantitative estimate of drug-likeness (QED) is 0.349. The summed E-state index contributed by atoms with van der Waals surface area (Å²) in [6.07, 6.45) is 2.84. The Bertz CT molecular complexity index is 962. The zero-order chi connectivity index (χ0) is 20.5. The molecule has 2 aliphatic heterocycles. The van der Waals surface area contributed by atoms with Gasteiger partial charge in [-0.3, -0.25) is 9.59 Å². The maximum absolute atomic E-state index is 12.8. The minimum absolute atomic E-state index is 0.0364. The number of ether oxygens (including phenoxy) is 2. The SMILES string of the molecule is COCCCN1C(=O)C(=O)/C(=C(/O)c2ccc3c(c2)CC(C)O3)C1c1ccco1. The lowest BCUT2D eigenvalue weighted by atomic mass is 9.97. The smallest absolute Gasteiger partial charge is 0.295 e. The van der Waals surface area contributed by atoms with Gasteiger partial charge in [0.25, 0.3) is 11.7 Å². The number of methoxy groups -OCH3 is 1. The van der Waals surface area contributed by atoms with Crippen LogP contribution >= 0.6 is 0 Å². The molecule has 0 spiro atoms. The lowest BCUT2D eigenvalue weighted by molar-refractivity contribution is -0.140. The van der Waals surface area contributed by atoms with Gasteiger partial charge in [-0.2, -0.15) is 0 Å². The number of fused-ring (bicyclic) bond motifs is 1. The van der Waals surface area contributed by atoms with Crippen LogP contribution in [0, 0.1) is 0 Å². The molecule has 2 atom stereocenters. The van der Waals surface area contributed by atoms with Gasteiger partial charge in [0.05, 0.1) is 11.8 Å². The first kappa shape index (κ1) is 19.3. The number of rotatable bonds is 6. The monoisotopic (exact) mass is 397 g/mol. The predicted octanol–water partition coefficient (Wildman–Crippen LogP) is 3.06. The maximum atomic E-state index is 12.8. The first-order valence-corrected chi connectivity index (χ1v) is 9.62. The van der Waals surface area contributed by atoms with Crippen LogP contribution < -0.4 is 4.74 Å². The van der Waals surface area contributed by atoms with Crippen molar-refractivity contribution in [2.45, 2.75) is 31.9 Å². The summed E-state index contributed by atoms with van der Waals surface area (Å²) in [5.74, 6) is -0.368. The van der Waals surface area contributed by atoms with Gasteiger partial charge in [-0.05, 0) is 49.2 Å². The molecule has 1 aromatic heterocycles. The molecule has 1 fully saturated rings. The van der Waals surface area contributed by atoms with E-state index in [0.29, 0.717) is 30.9 Å². The van der Waals surface area contributed by atoms with Crippen LogP contribution in [0.4, 0.5) is 0 Å². The van der Waals surface area contributed by atoms with Crippen molar-refractivity contribution in [1.82, 2.24) is 4.90 Å². The van der Waals surface area contributed by atoms with Gasteiger partial charge in [0.15, 0.2) is 0 Å². The molecular formula is C22H23NO6. The number of nitrogens with zero attached hydrogens (tertiary/aromatic N) is 1. The zero-order valence-electron chi connectivity index (χ0n) is 16.4. The van der Waals surface area contributed by atoms with Gasteiger partial charge in [-0.25, -0.2) is 0 Å². The average molecular weight is 397 g/mol. The molecule has 1 amide bonds. The molecule has 0 radical (unpaired) electrons. The van der Waals surface area contributed by atoms with Crippen molar-refractivity contribution in [3.05, 3.63) is 59.1 Å². The summed E-state index contributed by atoms with van der Waals surface area (Å²) in [6, 6.07) is 7.91. The number of likely N-dealkylation sites (tertiary alicyclic amines) is 1. The van der Waals surface area contributed by atoms with Crippen LogP contribution in [0.5, 0.6) is 5.75 Å². The van der Waals surface area contributed by atoms with Crippen molar-refractivity contribution in [2.75, 3.05) is 20.3 Å². The highest BCUT2D eigenvalue weighted by Gasteiger charge is 2.47. The number of carbonyl (C=O) groups excluding carboxylic acids is 2. The van der Waals surface area contributed by atoms with Crippen molar-refractivity contribution in [1.29, 1.82) is 0 Å². The van der Waals surface area contributed by atoms with Crippen LogP contribution in [0.1, 0.15) is 36.3 Å². The van der Waals surface area contributed by atoms with Crippen LogP contribution in [0.2, 0.25) is 0 Å². The van der Waals surface area contributed by atoms with Crippen LogP contribution in [-0.2, 0) is 20.7 Å². The molecule has 2 aliphatic rings. The van der Waals surface area contributed by atoms with E-state index in [1.165, 1.54) is 11.2 Å². The van der Waals surface area contributed by atoms with Gasteiger partial charge in [0.1, 0.15) is 29.4 Å². The van der Waals surface area contributed by atoms with Crippen LogP contribution in [0.3, 0.4) is 0 Å². The largest absolute Gasteiger partial charge is 0.507 e. The van der Waals surface area contributed by atoms with E-state index in [-0.39, 0.29) is 17.4 Å². The van der Waals surface area contributed by atoms with E-state index in [1.807, 2.05) is 13.0 Å². The molecule has 0 bridgehead atoms. The van der Waals surface area contributed by atoms with Crippen molar-refractivity contribution < 1.29 is 28.6 Å². The number of Topliss-reactive ketones (excluding diaryl/α,β-unsaturated/α-hetero) is 1. The highest BCUT2D eigenvalue weighted by atomic mass is 16.5. The Morgan fingerprint density at radius 3 is 2.86 bits per heavy atom. The van der Waals surface area contributed by atoms with Gasteiger partial charge in [0, 0.05) is 32.2 Å². The molecular weight excluding hydrogens is 374 g/mol. The Balaban J connectivity index is 1.76. The van der Waals surface area contributed by atoms with E-state index in [2.05, 4.69) is 0 Å². The number of benzene rings is 1. The van der Waals surface area contributed by atoms with Crippen LogP contribution in [0.25, 0.3) is 5.76 Å². The van der Waals surface area contributed by atoms with E-state index >= 15 is 0 Å². The third-order valence-corrected chi connectivity index (χ3v) is 5.27. The fourth-order valence-electron chi connectivity index (χ4n) is 3.96. The zero-order valence-corrected chi connectivity index (χ0v) is 16.4. The summed E-state index contributed by atoms with van der Waals surface area (Å²) >= 11 is 0. The molecule has 7 heteroatoms. The number of hydrogen-bond donors (Lipinski definition) is 1. The summed E-state index contributed by atoms with van der Waals surface area (Å²) in [5.41, 5.74) is 1.48. The van der Waals surface area contributed by atoms with Crippen molar-refractivity contribution in [3.63, 3.8) is 0 Å².